The molecular formula is C40H39ClF6N2O4. The van der Waals surface area contributed by atoms with E-state index in [4.69, 9.17) is 16.3 Å². The average Bonchev–Trinajstić information content (AvgIpc) is 3.10. The molecule has 53 heavy (non-hydrogen) atoms. The number of nitrogens with one attached hydrogen (secondary N) is 2. The van der Waals surface area contributed by atoms with E-state index >= 15 is 0 Å². The second-order valence-corrected chi connectivity index (χ2v) is 12.9. The molecule has 0 radical (unpaired) electrons. The van der Waals surface area contributed by atoms with Crippen LogP contribution in [-0.4, -0.2) is 48.6 Å². The standard InChI is InChI=1S/C40H39ClF6N2O4/c1-25-28(12-14-30-21-27(11-17-35(30)40(45,46)47)23-49-38(2,24-50)37(51)52)6-4-8-32(25)33-9-5-7-29(36(33)41)13-15-31-20-26(22-48-18-19-53-3)10-16-34(31)39(42,43)44/h4-17,20-21,48-50H,18-19,22-24H2,1-3H3,(H,51,52)/b14-12+,15-13+. The first-order chi connectivity index (χ1) is 25.0. The summed E-state index contributed by atoms with van der Waals surface area (Å²) in [7, 11) is 1.55. The Balaban J connectivity index is 1.66. The van der Waals surface area contributed by atoms with Gasteiger partial charge in [0.1, 0.15) is 5.54 Å². The molecule has 1 unspecified atom stereocenters. The maximum atomic E-state index is 14.0. The molecule has 0 spiro atoms. The number of carboxylic acid groups (broad SMARTS) is 1. The lowest BCUT2D eigenvalue weighted by Crippen LogP contribution is -2.52. The molecule has 0 aliphatic heterocycles. The van der Waals surface area contributed by atoms with E-state index in [1.807, 2.05) is 0 Å². The summed E-state index contributed by atoms with van der Waals surface area (Å²) in [5, 5.41) is 25.0. The van der Waals surface area contributed by atoms with E-state index in [0.717, 1.165) is 12.1 Å². The van der Waals surface area contributed by atoms with Gasteiger partial charge in [0.2, 0.25) is 0 Å². The third-order valence-corrected chi connectivity index (χ3v) is 9.13. The highest BCUT2D eigenvalue weighted by molar-refractivity contribution is 6.35. The van der Waals surface area contributed by atoms with Crippen molar-refractivity contribution in [3.8, 4) is 11.1 Å². The normalized spacial score (nSPS) is 13.6. The molecule has 0 amide bonds. The van der Waals surface area contributed by atoms with Crippen molar-refractivity contribution in [2.75, 3.05) is 26.9 Å². The van der Waals surface area contributed by atoms with Crippen LogP contribution >= 0.6 is 11.6 Å². The number of aliphatic hydroxyl groups is 1. The molecule has 0 aromatic heterocycles. The van der Waals surface area contributed by atoms with Gasteiger partial charge in [0, 0.05) is 32.3 Å². The quantitative estimate of drug-likeness (QED) is 0.0549. The Hall–Kier alpha value is -4.46. The SMILES string of the molecule is COCCNCc1ccc(C(F)(F)F)c(/C=C/c2cccc(-c3cccc(/C=C/c4cc(CNC(C)(CO)C(=O)O)ccc4C(F)(F)F)c3C)c2Cl)c1. The second kappa shape index (κ2) is 17.6. The van der Waals surface area contributed by atoms with Crippen molar-refractivity contribution in [3.63, 3.8) is 0 Å². The molecule has 4 aromatic rings. The Morgan fingerprint density at radius 2 is 1.28 bits per heavy atom. The lowest BCUT2D eigenvalue weighted by molar-refractivity contribution is -0.146. The van der Waals surface area contributed by atoms with Crippen LogP contribution in [0.5, 0.6) is 0 Å². The maximum absolute atomic E-state index is 14.0. The molecule has 13 heteroatoms. The largest absolute Gasteiger partial charge is 0.480 e. The number of hydrogen-bond donors (Lipinski definition) is 4. The van der Waals surface area contributed by atoms with E-state index in [1.165, 1.54) is 55.5 Å². The fraction of sp³-hybridized carbons (Fsp3) is 0.275. The van der Waals surface area contributed by atoms with E-state index in [9.17, 15) is 41.4 Å². The molecule has 0 heterocycles. The predicted octanol–water partition coefficient (Wildman–Crippen LogP) is 9.36. The molecule has 1 atom stereocenters. The summed E-state index contributed by atoms with van der Waals surface area (Å²) in [5.74, 6) is -1.31. The van der Waals surface area contributed by atoms with Crippen LogP contribution in [0.25, 0.3) is 35.4 Å². The molecular weight excluding hydrogens is 722 g/mol. The van der Waals surface area contributed by atoms with Gasteiger partial charge in [-0.05, 0) is 82.6 Å². The monoisotopic (exact) mass is 760 g/mol. The fourth-order valence-electron chi connectivity index (χ4n) is 5.51. The predicted molar refractivity (Wildman–Crippen MR) is 196 cm³/mol. The number of alkyl halides is 6. The number of hydrogen-bond acceptors (Lipinski definition) is 5. The van der Waals surface area contributed by atoms with E-state index in [1.54, 1.807) is 50.4 Å². The van der Waals surface area contributed by atoms with Crippen molar-refractivity contribution in [2.24, 2.45) is 0 Å². The highest BCUT2D eigenvalue weighted by Crippen LogP contribution is 2.38. The minimum absolute atomic E-state index is 0.0318. The summed E-state index contributed by atoms with van der Waals surface area (Å²) in [4.78, 5) is 11.5. The minimum atomic E-state index is -4.67. The molecule has 0 bridgehead atoms. The zero-order chi connectivity index (χ0) is 39.0. The molecule has 282 valence electrons. The molecule has 0 saturated carbocycles. The number of benzene rings is 4. The maximum Gasteiger partial charge on any atom is 0.416 e. The van der Waals surface area contributed by atoms with Gasteiger partial charge in [0.15, 0.2) is 0 Å². The van der Waals surface area contributed by atoms with E-state index in [-0.39, 0.29) is 22.7 Å². The first-order valence-corrected chi connectivity index (χ1v) is 16.8. The second-order valence-electron chi connectivity index (χ2n) is 12.6. The molecule has 4 aromatic carbocycles. The van der Waals surface area contributed by atoms with Gasteiger partial charge in [-0.15, -0.1) is 0 Å². The summed E-state index contributed by atoms with van der Waals surface area (Å²) < 4.78 is 88.7. The zero-order valence-electron chi connectivity index (χ0n) is 29.1. The van der Waals surface area contributed by atoms with Crippen molar-refractivity contribution < 1.29 is 46.1 Å². The molecule has 0 fully saturated rings. The van der Waals surface area contributed by atoms with E-state index in [2.05, 4.69) is 10.6 Å². The number of carboxylic acids is 1. The Morgan fingerprint density at radius 3 is 1.81 bits per heavy atom. The number of ether oxygens (including phenoxy) is 1. The Labute approximate surface area is 308 Å². The molecule has 0 saturated heterocycles. The van der Waals surface area contributed by atoms with Gasteiger partial charge >= 0.3 is 18.3 Å². The van der Waals surface area contributed by atoms with Crippen LogP contribution in [0.1, 0.15) is 57.0 Å². The van der Waals surface area contributed by atoms with Crippen molar-refractivity contribution in [2.45, 2.75) is 44.8 Å². The summed E-state index contributed by atoms with van der Waals surface area (Å²) in [5.41, 5.74) is 0.432. The minimum Gasteiger partial charge on any atom is -0.480 e. The van der Waals surface area contributed by atoms with E-state index < -0.39 is 41.6 Å². The van der Waals surface area contributed by atoms with E-state index in [0.29, 0.717) is 58.6 Å². The van der Waals surface area contributed by atoms with Crippen molar-refractivity contribution in [1.82, 2.24) is 10.6 Å². The van der Waals surface area contributed by atoms with Gasteiger partial charge in [0.05, 0.1) is 29.4 Å². The average molecular weight is 761 g/mol. The molecule has 0 aliphatic rings. The number of aliphatic carboxylic acids is 1. The van der Waals surface area contributed by atoms with Gasteiger partial charge in [-0.25, -0.2) is 0 Å². The first-order valence-electron chi connectivity index (χ1n) is 16.4. The van der Waals surface area contributed by atoms with Gasteiger partial charge in [-0.3, -0.25) is 10.1 Å². The van der Waals surface area contributed by atoms with Crippen LogP contribution in [0.3, 0.4) is 0 Å². The third-order valence-electron chi connectivity index (χ3n) is 8.71. The summed E-state index contributed by atoms with van der Waals surface area (Å²) >= 11 is 6.85. The molecule has 4 rings (SSSR count). The first kappa shape index (κ1) is 41.3. The Kier molecular flexibility index (Phi) is 13.7. The topological polar surface area (TPSA) is 90.8 Å². The van der Waals surface area contributed by atoms with Crippen molar-refractivity contribution >= 4 is 41.9 Å². The Bertz CT molecular complexity index is 1980. The van der Waals surface area contributed by atoms with Gasteiger partial charge in [-0.1, -0.05) is 84.4 Å². The smallest absolute Gasteiger partial charge is 0.416 e. The summed E-state index contributed by atoms with van der Waals surface area (Å²) in [6.45, 7) is 3.53. The lowest BCUT2D eigenvalue weighted by atomic mass is 9.94. The van der Waals surface area contributed by atoms with Crippen molar-refractivity contribution in [1.29, 1.82) is 0 Å². The summed E-state index contributed by atoms with van der Waals surface area (Å²) in [6, 6.07) is 17.8. The van der Waals surface area contributed by atoms with Gasteiger partial charge < -0.3 is 20.3 Å². The fourth-order valence-corrected chi connectivity index (χ4v) is 5.80. The van der Waals surface area contributed by atoms with Crippen LogP contribution in [0.15, 0.2) is 72.8 Å². The van der Waals surface area contributed by atoms with Crippen LogP contribution in [-0.2, 0) is 35.0 Å². The van der Waals surface area contributed by atoms with Gasteiger partial charge in [0.25, 0.3) is 0 Å². The van der Waals surface area contributed by atoms with Crippen LogP contribution in [0.2, 0.25) is 5.02 Å². The number of halogens is 7. The highest BCUT2D eigenvalue weighted by Gasteiger charge is 2.35. The third kappa shape index (κ3) is 10.6. The van der Waals surface area contributed by atoms with Crippen LogP contribution < -0.4 is 10.6 Å². The number of rotatable bonds is 15. The van der Waals surface area contributed by atoms with Crippen molar-refractivity contribution in [3.05, 3.63) is 128 Å². The molecule has 0 aliphatic carbocycles. The number of methoxy groups -OCH3 is 1. The van der Waals surface area contributed by atoms with Gasteiger partial charge in [-0.2, -0.15) is 26.3 Å². The number of carbonyl (C=O) groups is 1. The molecule has 6 nitrogen and oxygen atoms in total. The Morgan fingerprint density at radius 1 is 0.774 bits per heavy atom. The highest BCUT2D eigenvalue weighted by atomic mass is 35.5. The number of aliphatic hydroxyl groups excluding tert-OH is 1. The van der Waals surface area contributed by atoms with Crippen LogP contribution in [0.4, 0.5) is 26.3 Å². The molecule has 4 N–H and O–H groups in total. The lowest BCUT2D eigenvalue weighted by Gasteiger charge is -2.24. The zero-order valence-corrected chi connectivity index (χ0v) is 29.9. The summed E-state index contributed by atoms with van der Waals surface area (Å²) in [6.07, 6.45) is -3.53. The van der Waals surface area contributed by atoms with Crippen LogP contribution in [0, 0.1) is 6.92 Å².